The molecule has 0 bridgehead atoms. The smallest absolute Gasteiger partial charge is 0.416 e. The van der Waals surface area contributed by atoms with Gasteiger partial charge in [0.05, 0.1) is 18.3 Å². The molecule has 0 radical (unpaired) electrons. The standard InChI is InChI=1S/C25H24N2O5S/c1-15-22(23(28)29)33-24(26-15)27(13-16-7-6-12-31-16)25(30)32-14-21-19-10-4-2-8-17(19)18-9-3-5-11-20(18)21/h2-5,8-11,16,21H,6-7,12-14H2,1H3,(H,28,29). The van der Waals surface area contributed by atoms with E-state index in [0.29, 0.717) is 17.4 Å². The molecule has 1 amide bonds. The molecule has 2 aromatic carbocycles. The van der Waals surface area contributed by atoms with Crippen molar-refractivity contribution in [3.63, 3.8) is 0 Å². The van der Waals surface area contributed by atoms with E-state index in [2.05, 4.69) is 29.2 Å². The number of hydrogen-bond acceptors (Lipinski definition) is 6. The minimum atomic E-state index is -1.05. The summed E-state index contributed by atoms with van der Waals surface area (Å²) in [6, 6.07) is 16.3. The second kappa shape index (κ2) is 8.96. The molecule has 0 spiro atoms. The molecule has 1 aliphatic heterocycles. The number of nitrogens with zero attached hydrogens (tertiary/aromatic N) is 2. The number of rotatable bonds is 6. The number of aromatic carboxylic acids is 1. The molecule has 2 heterocycles. The highest BCUT2D eigenvalue weighted by molar-refractivity contribution is 7.17. The summed E-state index contributed by atoms with van der Waals surface area (Å²) in [4.78, 5) is 30.7. The lowest BCUT2D eigenvalue weighted by Crippen LogP contribution is -2.38. The van der Waals surface area contributed by atoms with Gasteiger partial charge >= 0.3 is 12.1 Å². The van der Waals surface area contributed by atoms with Crippen molar-refractivity contribution in [1.29, 1.82) is 0 Å². The number of thiazole rings is 1. The van der Waals surface area contributed by atoms with E-state index in [0.717, 1.165) is 46.4 Å². The maximum absolute atomic E-state index is 13.3. The third-order valence-electron chi connectivity index (χ3n) is 6.18. The van der Waals surface area contributed by atoms with Gasteiger partial charge in [-0.05, 0) is 42.0 Å². The largest absolute Gasteiger partial charge is 0.477 e. The molecule has 170 valence electrons. The summed E-state index contributed by atoms with van der Waals surface area (Å²) >= 11 is 0.982. The molecule has 5 rings (SSSR count). The first-order chi connectivity index (χ1) is 16.0. The van der Waals surface area contributed by atoms with Gasteiger partial charge < -0.3 is 14.6 Å². The van der Waals surface area contributed by atoms with Crippen LogP contribution in [0.25, 0.3) is 11.1 Å². The Morgan fingerprint density at radius 3 is 2.39 bits per heavy atom. The highest BCUT2D eigenvalue weighted by Gasteiger charge is 2.32. The molecule has 1 unspecified atom stereocenters. The normalized spacial score (nSPS) is 16.9. The van der Waals surface area contributed by atoms with E-state index >= 15 is 0 Å². The summed E-state index contributed by atoms with van der Waals surface area (Å²) in [7, 11) is 0. The lowest BCUT2D eigenvalue weighted by atomic mass is 9.98. The molecule has 1 saturated heterocycles. The van der Waals surface area contributed by atoms with Crippen molar-refractivity contribution in [3.8, 4) is 11.1 Å². The zero-order valence-corrected chi connectivity index (χ0v) is 19.0. The Morgan fingerprint density at radius 1 is 1.15 bits per heavy atom. The van der Waals surface area contributed by atoms with Gasteiger partial charge in [-0.15, -0.1) is 0 Å². The molecule has 1 N–H and O–H groups in total. The summed E-state index contributed by atoms with van der Waals surface area (Å²) in [6.45, 7) is 2.75. The molecule has 33 heavy (non-hydrogen) atoms. The molecule has 7 nitrogen and oxygen atoms in total. The minimum absolute atomic E-state index is 0.0569. The second-order valence-corrected chi connectivity index (χ2v) is 9.24. The van der Waals surface area contributed by atoms with Gasteiger partial charge in [0.2, 0.25) is 0 Å². The Hall–Kier alpha value is -3.23. The average Bonchev–Trinajstić information content (AvgIpc) is 3.54. The van der Waals surface area contributed by atoms with Crippen LogP contribution in [0.3, 0.4) is 0 Å². The number of carboxylic acids is 1. The van der Waals surface area contributed by atoms with Gasteiger partial charge in [0, 0.05) is 12.5 Å². The fourth-order valence-corrected chi connectivity index (χ4v) is 5.50. The van der Waals surface area contributed by atoms with E-state index in [4.69, 9.17) is 9.47 Å². The number of aryl methyl sites for hydroxylation is 1. The molecule has 1 aliphatic carbocycles. The Morgan fingerprint density at radius 2 is 1.82 bits per heavy atom. The van der Waals surface area contributed by atoms with Crippen LogP contribution in [0.5, 0.6) is 0 Å². The van der Waals surface area contributed by atoms with Gasteiger partial charge in [0.1, 0.15) is 11.5 Å². The first kappa shape index (κ1) is 21.6. The van der Waals surface area contributed by atoms with E-state index < -0.39 is 12.1 Å². The number of hydrogen-bond donors (Lipinski definition) is 1. The van der Waals surface area contributed by atoms with Crippen LogP contribution < -0.4 is 4.90 Å². The quantitative estimate of drug-likeness (QED) is 0.547. The SMILES string of the molecule is Cc1nc(N(CC2CCCO2)C(=O)OCC2c3ccccc3-c3ccccc32)sc1C(=O)O. The predicted molar refractivity (Wildman–Crippen MR) is 125 cm³/mol. The van der Waals surface area contributed by atoms with Crippen molar-refractivity contribution < 1.29 is 24.2 Å². The highest BCUT2D eigenvalue weighted by atomic mass is 32.1. The van der Waals surface area contributed by atoms with E-state index in [1.807, 2.05) is 24.3 Å². The van der Waals surface area contributed by atoms with Gasteiger partial charge in [-0.1, -0.05) is 59.9 Å². The Labute approximate surface area is 195 Å². The van der Waals surface area contributed by atoms with E-state index in [1.165, 1.54) is 4.90 Å². The third-order valence-corrected chi connectivity index (χ3v) is 7.35. The van der Waals surface area contributed by atoms with Crippen LogP contribution in [0.1, 0.15) is 45.3 Å². The zero-order chi connectivity index (χ0) is 22.9. The van der Waals surface area contributed by atoms with Crippen molar-refractivity contribution in [2.45, 2.75) is 31.8 Å². The molecule has 0 saturated carbocycles. The van der Waals surface area contributed by atoms with Crippen LogP contribution in [-0.4, -0.2) is 48.0 Å². The maximum atomic E-state index is 13.3. The third kappa shape index (κ3) is 4.12. The molecule has 1 aromatic heterocycles. The van der Waals surface area contributed by atoms with Crippen LogP contribution >= 0.6 is 11.3 Å². The Bertz CT molecular complexity index is 1160. The summed E-state index contributed by atoms with van der Waals surface area (Å²) in [5.41, 5.74) is 4.97. The average molecular weight is 465 g/mol. The lowest BCUT2D eigenvalue weighted by molar-refractivity contribution is 0.0701. The van der Waals surface area contributed by atoms with Gasteiger partial charge in [-0.2, -0.15) is 0 Å². The Balaban J connectivity index is 1.39. The number of aromatic nitrogens is 1. The molecule has 8 heteroatoms. The fourth-order valence-electron chi connectivity index (χ4n) is 4.59. The number of carbonyl (C=O) groups excluding carboxylic acids is 1. The number of ether oxygens (including phenoxy) is 2. The van der Waals surface area contributed by atoms with Gasteiger partial charge in [0.25, 0.3) is 0 Å². The first-order valence-corrected chi connectivity index (χ1v) is 11.8. The molecule has 1 fully saturated rings. The molecule has 3 aromatic rings. The maximum Gasteiger partial charge on any atom is 0.416 e. The number of anilines is 1. The highest BCUT2D eigenvalue weighted by Crippen LogP contribution is 2.44. The number of fused-ring (bicyclic) bond motifs is 3. The monoisotopic (exact) mass is 464 g/mol. The summed E-state index contributed by atoms with van der Waals surface area (Å²) < 4.78 is 11.5. The van der Waals surface area contributed by atoms with E-state index in [1.54, 1.807) is 6.92 Å². The van der Waals surface area contributed by atoms with Gasteiger partial charge in [0.15, 0.2) is 5.13 Å². The van der Waals surface area contributed by atoms with E-state index in [9.17, 15) is 14.7 Å². The van der Waals surface area contributed by atoms with Crippen LogP contribution in [0.2, 0.25) is 0 Å². The van der Waals surface area contributed by atoms with Gasteiger partial charge in [-0.25, -0.2) is 14.6 Å². The van der Waals surface area contributed by atoms with Gasteiger partial charge in [-0.3, -0.25) is 4.90 Å². The number of benzene rings is 2. The topological polar surface area (TPSA) is 89.0 Å². The van der Waals surface area contributed by atoms with Crippen molar-refractivity contribution in [3.05, 3.63) is 70.2 Å². The van der Waals surface area contributed by atoms with Crippen LogP contribution in [0.4, 0.5) is 9.93 Å². The zero-order valence-electron chi connectivity index (χ0n) is 18.2. The van der Waals surface area contributed by atoms with Crippen molar-refractivity contribution >= 4 is 28.5 Å². The number of carbonyl (C=O) groups is 2. The van der Waals surface area contributed by atoms with Crippen LogP contribution in [-0.2, 0) is 9.47 Å². The summed E-state index contributed by atoms with van der Waals surface area (Å²) in [5.74, 6) is -1.11. The van der Waals surface area contributed by atoms with Crippen molar-refractivity contribution in [2.24, 2.45) is 0 Å². The second-order valence-electron chi connectivity index (χ2n) is 8.27. The predicted octanol–water partition coefficient (Wildman–Crippen LogP) is 5.08. The van der Waals surface area contributed by atoms with Crippen molar-refractivity contribution in [1.82, 2.24) is 4.98 Å². The molecule has 2 aliphatic rings. The number of carboxylic acid groups (broad SMARTS) is 1. The number of amides is 1. The fraction of sp³-hybridized carbons (Fsp3) is 0.320. The Kier molecular flexibility index (Phi) is 5.86. The molecular formula is C25H24N2O5S. The first-order valence-electron chi connectivity index (χ1n) is 11.0. The summed E-state index contributed by atoms with van der Waals surface area (Å²) in [6.07, 6.45) is 1.10. The minimum Gasteiger partial charge on any atom is -0.477 e. The van der Waals surface area contributed by atoms with Crippen LogP contribution in [0.15, 0.2) is 48.5 Å². The van der Waals surface area contributed by atoms with Crippen molar-refractivity contribution in [2.75, 3.05) is 24.7 Å². The lowest BCUT2D eigenvalue weighted by Gasteiger charge is -2.23. The summed E-state index contributed by atoms with van der Waals surface area (Å²) in [5, 5.41) is 9.74. The van der Waals surface area contributed by atoms with Crippen LogP contribution in [0, 0.1) is 6.92 Å². The van der Waals surface area contributed by atoms with E-state index in [-0.39, 0.29) is 30.1 Å². The molecular weight excluding hydrogens is 440 g/mol. The molecule has 1 atom stereocenters.